The van der Waals surface area contributed by atoms with Gasteiger partial charge in [0.05, 0.1) is 6.33 Å². The van der Waals surface area contributed by atoms with Gasteiger partial charge in [-0.15, -0.1) is 0 Å². The van der Waals surface area contributed by atoms with Crippen molar-refractivity contribution in [3.63, 3.8) is 0 Å². The van der Waals surface area contributed by atoms with Crippen LogP contribution in [0, 0.1) is 5.92 Å². The molecule has 0 aliphatic carbocycles. The molecular weight excluding hydrogens is 276 g/mol. The summed E-state index contributed by atoms with van der Waals surface area (Å²) in [6.45, 7) is 3.32. The third-order valence-electron chi connectivity index (χ3n) is 4.12. The second kappa shape index (κ2) is 7.22. The molecule has 116 valence electrons. The SMILES string of the molecule is O=C(NCc1ccc(Cn2ccnc2)cc1)C1CCNCC1. The summed E-state index contributed by atoms with van der Waals surface area (Å²) in [5.41, 5.74) is 2.36. The van der Waals surface area contributed by atoms with Crippen molar-refractivity contribution in [1.82, 2.24) is 20.2 Å². The van der Waals surface area contributed by atoms with E-state index in [2.05, 4.69) is 39.9 Å². The van der Waals surface area contributed by atoms with Crippen LogP contribution in [0.2, 0.25) is 0 Å². The van der Waals surface area contributed by atoms with E-state index in [1.54, 1.807) is 6.20 Å². The molecule has 1 fully saturated rings. The molecule has 1 aliphatic heterocycles. The highest BCUT2D eigenvalue weighted by Crippen LogP contribution is 2.12. The fraction of sp³-hybridized carbons (Fsp3) is 0.412. The van der Waals surface area contributed by atoms with Gasteiger partial charge in [-0.25, -0.2) is 4.98 Å². The summed E-state index contributed by atoms with van der Waals surface area (Å²) in [5, 5.41) is 6.33. The van der Waals surface area contributed by atoms with Crippen LogP contribution in [-0.4, -0.2) is 28.5 Å². The lowest BCUT2D eigenvalue weighted by Gasteiger charge is -2.21. The fourth-order valence-corrected chi connectivity index (χ4v) is 2.77. The van der Waals surface area contributed by atoms with E-state index in [0.29, 0.717) is 6.54 Å². The molecule has 5 nitrogen and oxygen atoms in total. The maximum Gasteiger partial charge on any atom is 0.223 e. The highest BCUT2D eigenvalue weighted by atomic mass is 16.1. The van der Waals surface area contributed by atoms with E-state index in [9.17, 15) is 4.79 Å². The molecule has 22 heavy (non-hydrogen) atoms. The molecule has 3 rings (SSSR count). The smallest absolute Gasteiger partial charge is 0.223 e. The van der Waals surface area contributed by atoms with Crippen molar-refractivity contribution >= 4 is 5.91 Å². The third-order valence-corrected chi connectivity index (χ3v) is 4.12. The Bertz CT molecular complexity index is 586. The predicted molar refractivity (Wildman–Crippen MR) is 85.2 cm³/mol. The minimum Gasteiger partial charge on any atom is -0.352 e. The lowest BCUT2D eigenvalue weighted by molar-refractivity contribution is -0.125. The molecule has 0 radical (unpaired) electrons. The van der Waals surface area contributed by atoms with Crippen molar-refractivity contribution in [2.45, 2.75) is 25.9 Å². The van der Waals surface area contributed by atoms with Gasteiger partial charge in [-0.1, -0.05) is 24.3 Å². The van der Waals surface area contributed by atoms with Gasteiger partial charge in [-0.3, -0.25) is 4.79 Å². The molecule has 1 aliphatic rings. The number of carbonyl (C=O) groups is 1. The molecule has 0 bridgehead atoms. The quantitative estimate of drug-likeness (QED) is 0.880. The van der Waals surface area contributed by atoms with Gasteiger partial charge in [0, 0.05) is 31.4 Å². The van der Waals surface area contributed by atoms with Crippen LogP contribution >= 0.6 is 0 Å². The second-order valence-electron chi connectivity index (χ2n) is 5.79. The maximum atomic E-state index is 12.1. The number of benzene rings is 1. The van der Waals surface area contributed by atoms with Crippen molar-refractivity contribution in [2.24, 2.45) is 5.92 Å². The molecule has 1 aromatic carbocycles. The highest BCUT2D eigenvalue weighted by molar-refractivity contribution is 5.78. The Morgan fingerprint density at radius 2 is 1.95 bits per heavy atom. The third kappa shape index (κ3) is 3.95. The normalized spacial score (nSPS) is 15.6. The number of piperidine rings is 1. The zero-order valence-corrected chi connectivity index (χ0v) is 12.7. The molecule has 2 heterocycles. The number of rotatable bonds is 5. The Morgan fingerprint density at radius 1 is 1.23 bits per heavy atom. The maximum absolute atomic E-state index is 12.1. The van der Waals surface area contributed by atoms with Crippen LogP contribution < -0.4 is 10.6 Å². The Hall–Kier alpha value is -2.14. The lowest BCUT2D eigenvalue weighted by atomic mass is 9.97. The van der Waals surface area contributed by atoms with E-state index in [1.807, 2.05) is 17.1 Å². The van der Waals surface area contributed by atoms with Gasteiger partial charge in [0.2, 0.25) is 5.91 Å². The Balaban J connectivity index is 1.49. The lowest BCUT2D eigenvalue weighted by Crippen LogP contribution is -2.37. The molecule has 5 heteroatoms. The first-order valence-corrected chi connectivity index (χ1v) is 7.83. The first kappa shape index (κ1) is 14.8. The highest BCUT2D eigenvalue weighted by Gasteiger charge is 2.20. The first-order valence-electron chi connectivity index (χ1n) is 7.83. The topological polar surface area (TPSA) is 59.0 Å². The number of aromatic nitrogens is 2. The zero-order valence-electron chi connectivity index (χ0n) is 12.7. The molecule has 1 saturated heterocycles. The molecule has 0 saturated carbocycles. The molecule has 0 spiro atoms. The van der Waals surface area contributed by atoms with Crippen LogP contribution in [0.5, 0.6) is 0 Å². The van der Waals surface area contributed by atoms with Gasteiger partial charge in [0.15, 0.2) is 0 Å². The van der Waals surface area contributed by atoms with E-state index >= 15 is 0 Å². The van der Waals surface area contributed by atoms with Crippen molar-refractivity contribution in [3.05, 3.63) is 54.1 Å². The summed E-state index contributed by atoms with van der Waals surface area (Å²) < 4.78 is 2.04. The van der Waals surface area contributed by atoms with Crippen LogP contribution in [0.15, 0.2) is 43.0 Å². The Kier molecular flexibility index (Phi) is 4.85. The van der Waals surface area contributed by atoms with Crippen LogP contribution in [0.25, 0.3) is 0 Å². The van der Waals surface area contributed by atoms with Crippen molar-refractivity contribution in [1.29, 1.82) is 0 Å². The summed E-state index contributed by atoms with van der Waals surface area (Å²) in [7, 11) is 0. The van der Waals surface area contributed by atoms with E-state index in [4.69, 9.17) is 0 Å². The number of nitrogens with zero attached hydrogens (tertiary/aromatic N) is 2. The van der Waals surface area contributed by atoms with Gasteiger partial charge < -0.3 is 15.2 Å². The summed E-state index contributed by atoms with van der Waals surface area (Å²) in [5.74, 6) is 0.353. The largest absolute Gasteiger partial charge is 0.352 e. The minimum atomic E-state index is 0.168. The molecule has 2 aromatic rings. The van der Waals surface area contributed by atoms with Crippen LogP contribution in [0.4, 0.5) is 0 Å². The number of hydrogen-bond donors (Lipinski definition) is 2. The minimum absolute atomic E-state index is 0.168. The van der Waals surface area contributed by atoms with E-state index in [1.165, 1.54) is 5.56 Å². The van der Waals surface area contributed by atoms with Gasteiger partial charge in [0.25, 0.3) is 0 Å². The standard InChI is InChI=1S/C17H22N4O/c22-17(16-5-7-18-8-6-16)20-11-14-1-3-15(4-2-14)12-21-10-9-19-13-21/h1-4,9-10,13,16,18H,5-8,11-12H2,(H,20,22). The molecule has 2 N–H and O–H groups in total. The van der Waals surface area contributed by atoms with Crippen LogP contribution in [0.1, 0.15) is 24.0 Å². The number of hydrogen-bond acceptors (Lipinski definition) is 3. The molecule has 0 unspecified atom stereocenters. The second-order valence-corrected chi connectivity index (χ2v) is 5.79. The van der Waals surface area contributed by atoms with Crippen LogP contribution in [-0.2, 0) is 17.9 Å². The number of nitrogens with one attached hydrogen (secondary N) is 2. The Labute approximate surface area is 130 Å². The summed E-state index contributed by atoms with van der Waals surface area (Å²) in [6, 6.07) is 8.36. The van der Waals surface area contributed by atoms with Gasteiger partial charge in [0.1, 0.15) is 0 Å². The fourth-order valence-electron chi connectivity index (χ4n) is 2.77. The summed E-state index contributed by atoms with van der Waals surface area (Å²) in [6.07, 6.45) is 7.43. The molecule has 0 atom stereocenters. The van der Waals surface area contributed by atoms with Gasteiger partial charge >= 0.3 is 0 Å². The van der Waals surface area contributed by atoms with Crippen molar-refractivity contribution in [2.75, 3.05) is 13.1 Å². The van der Waals surface area contributed by atoms with E-state index < -0.39 is 0 Å². The van der Waals surface area contributed by atoms with Crippen molar-refractivity contribution in [3.8, 4) is 0 Å². The van der Waals surface area contributed by atoms with E-state index in [0.717, 1.165) is 38.0 Å². The van der Waals surface area contributed by atoms with Gasteiger partial charge in [-0.2, -0.15) is 0 Å². The average molecular weight is 298 g/mol. The number of imidazole rings is 1. The number of carbonyl (C=O) groups excluding carboxylic acids is 1. The van der Waals surface area contributed by atoms with Gasteiger partial charge in [-0.05, 0) is 37.1 Å². The zero-order chi connectivity index (χ0) is 15.2. The predicted octanol–water partition coefficient (Wildman–Crippen LogP) is 1.55. The number of amides is 1. The van der Waals surface area contributed by atoms with Crippen molar-refractivity contribution < 1.29 is 4.79 Å². The summed E-state index contributed by atoms with van der Waals surface area (Å²) >= 11 is 0. The molecule has 1 amide bonds. The van der Waals surface area contributed by atoms with E-state index in [-0.39, 0.29) is 11.8 Å². The average Bonchev–Trinajstić information content (AvgIpc) is 3.08. The molecular formula is C17H22N4O. The monoisotopic (exact) mass is 298 g/mol. The van der Waals surface area contributed by atoms with Crippen LogP contribution in [0.3, 0.4) is 0 Å². The first-order chi connectivity index (χ1) is 10.8. The Morgan fingerprint density at radius 3 is 2.64 bits per heavy atom. The summed E-state index contributed by atoms with van der Waals surface area (Å²) in [4.78, 5) is 16.1. The molecule has 1 aromatic heterocycles.